The number of nitro groups is 1. The number of benzene rings is 2. The van der Waals surface area contributed by atoms with Crippen molar-refractivity contribution in [2.75, 3.05) is 0 Å². The standard InChI is InChI=1S/C13H8BrClFNO3/c14-9-2-4-11(16)13(5-9)20-7-8-1-3-10(15)6-12(8)17(18)19/h1-6H,7H2. The average Bonchev–Trinajstić information content (AvgIpc) is 2.40. The number of halogens is 3. The van der Waals surface area contributed by atoms with Gasteiger partial charge in [-0.2, -0.15) is 0 Å². The second-order valence-corrected chi connectivity index (χ2v) is 5.25. The van der Waals surface area contributed by atoms with Crippen molar-refractivity contribution in [2.45, 2.75) is 6.61 Å². The van der Waals surface area contributed by atoms with Gasteiger partial charge in [0, 0.05) is 15.6 Å². The summed E-state index contributed by atoms with van der Waals surface area (Å²) in [5.41, 5.74) is 0.159. The molecule has 20 heavy (non-hydrogen) atoms. The Morgan fingerprint density at radius 3 is 2.75 bits per heavy atom. The fourth-order valence-corrected chi connectivity index (χ4v) is 2.08. The largest absolute Gasteiger partial charge is 0.486 e. The van der Waals surface area contributed by atoms with Crippen LogP contribution in [-0.2, 0) is 6.61 Å². The highest BCUT2D eigenvalue weighted by molar-refractivity contribution is 9.10. The number of rotatable bonds is 4. The molecule has 0 radical (unpaired) electrons. The van der Waals surface area contributed by atoms with Gasteiger partial charge in [0.2, 0.25) is 0 Å². The van der Waals surface area contributed by atoms with E-state index in [2.05, 4.69) is 15.9 Å². The first-order chi connectivity index (χ1) is 9.47. The molecule has 0 fully saturated rings. The zero-order valence-electron chi connectivity index (χ0n) is 9.98. The van der Waals surface area contributed by atoms with Crippen LogP contribution < -0.4 is 4.74 Å². The Balaban J connectivity index is 2.23. The summed E-state index contributed by atoms with van der Waals surface area (Å²) < 4.78 is 19.4. The number of nitrogens with zero attached hydrogens (tertiary/aromatic N) is 1. The van der Waals surface area contributed by atoms with Crippen molar-refractivity contribution in [1.82, 2.24) is 0 Å². The molecule has 0 N–H and O–H groups in total. The lowest BCUT2D eigenvalue weighted by atomic mass is 10.2. The summed E-state index contributed by atoms with van der Waals surface area (Å²) in [5.74, 6) is -0.520. The van der Waals surface area contributed by atoms with Gasteiger partial charge in [-0.3, -0.25) is 10.1 Å². The Kier molecular flexibility index (Phi) is 4.57. The maximum absolute atomic E-state index is 13.5. The van der Waals surface area contributed by atoms with Crippen molar-refractivity contribution in [3.8, 4) is 5.75 Å². The fourth-order valence-electron chi connectivity index (χ4n) is 1.57. The van der Waals surface area contributed by atoms with E-state index >= 15 is 0 Å². The zero-order valence-corrected chi connectivity index (χ0v) is 12.3. The quantitative estimate of drug-likeness (QED) is 0.585. The minimum absolute atomic E-state index is 0.0172. The maximum atomic E-state index is 13.5. The number of hydrogen-bond acceptors (Lipinski definition) is 3. The summed E-state index contributed by atoms with van der Waals surface area (Å²) in [4.78, 5) is 10.4. The van der Waals surface area contributed by atoms with E-state index in [1.165, 1.54) is 36.4 Å². The lowest BCUT2D eigenvalue weighted by molar-refractivity contribution is -0.385. The SMILES string of the molecule is O=[N+]([O-])c1cc(Cl)ccc1COc1cc(Br)ccc1F. The molecule has 0 amide bonds. The van der Waals surface area contributed by atoms with E-state index in [1.54, 1.807) is 0 Å². The smallest absolute Gasteiger partial charge is 0.277 e. The minimum atomic E-state index is -0.554. The van der Waals surface area contributed by atoms with Gasteiger partial charge in [-0.05, 0) is 30.3 Å². The minimum Gasteiger partial charge on any atom is -0.486 e. The average molecular weight is 361 g/mol. The second-order valence-electron chi connectivity index (χ2n) is 3.89. The first-order valence-electron chi connectivity index (χ1n) is 5.48. The summed E-state index contributed by atoms with van der Waals surface area (Å²) >= 11 is 8.91. The molecule has 0 aliphatic rings. The Morgan fingerprint density at radius 2 is 2.05 bits per heavy atom. The molecule has 2 aromatic rings. The summed E-state index contributed by atoms with van der Waals surface area (Å²) in [7, 11) is 0. The van der Waals surface area contributed by atoms with Crippen molar-refractivity contribution in [2.24, 2.45) is 0 Å². The van der Waals surface area contributed by atoms with Gasteiger partial charge in [-0.1, -0.05) is 27.5 Å². The highest BCUT2D eigenvalue weighted by atomic mass is 79.9. The van der Waals surface area contributed by atoms with E-state index < -0.39 is 10.7 Å². The van der Waals surface area contributed by atoms with Gasteiger partial charge < -0.3 is 4.74 Å². The molecule has 2 aromatic carbocycles. The van der Waals surface area contributed by atoms with Crippen LogP contribution in [0.1, 0.15) is 5.56 Å². The van der Waals surface area contributed by atoms with Gasteiger partial charge in [0.05, 0.1) is 10.5 Å². The van der Waals surface area contributed by atoms with Gasteiger partial charge in [0.25, 0.3) is 5.69 Å². The summed E-state index contributed by atoms with van der Waals surface area (Å²) in [6, 6.07) is 8.47. The molecule has 0 atom stereocenters. The van der Waals surface area contributed by atoms with Gasteiger partial charge in [0.1, 0.15) is 6.61 Å². The van der Waals surface area contributed by atoms with Crippen LogP contribution in [0, 0.1) is 15.9 Å². The highest BCUT2D eigenvalue weighted by Crippen LogP contribution is 2.27. The highest BCUT2D eigenvalue weighted by Gasteiger charge is 2.15. The van der Waals surface area contributed by atoms with Gasteiger partial charge in [0.15, 0.2) is 11.6 Å². The first kappa shape index (κ1) is 14.7. The van der Waals surface area contributed by atoms with Crippen molar-refractivity contribution in [3.63, 3.8) is 0 Å². The van der Waals surface area contributed by atoms with Crippen LogP contribution in [0.5, 0.6) is 5.75 Å². The molecule has 0 bridgehead atoms. The fraction of sp³-hybridized carbons (Fsp3) is 0.0769. The van der Waals surface area contributed by atoms with Gasteiger partial charge >= 0.3 is 0 Å². The van der Waals surface area contributed by atoms with Crippen molar-refractivity contribution < 1.29 is 14.1 Å². The lowest BCUT2D eigenvalue weighted by Crippen LogP contribution is -2.01. The first-order valence-corrected chi connectivity index (χ1v) is 6.65. The molecule has 0 unspecified atom stereocenters. The topological polar surface area (TPSA) is 52.4 Å². The van der Waals surface area contributed by atoms with Crippen molar-refractivity contribution in [3.05, 3.63) is 67.4 Å². The van der Waals surface area contributed by atoms with Gasteiger partial charge in [-0.25, -0.2) is 4.39 Å². The van der Waals surface area contributed by atoms with Crippen LogP contribution in [0.4, 0.5) is 10.1 Å². The predicted octanol–water partition coefficient (Wildman–Crippen LogP) is 4.73. The monoisotopic (exact) mass is 359 g/mol. The maximum Gasteiger partial charge on any atom is 0.277 e. The molecule has 0 aliphatic heterocycles. The molecule has 104 valence electrons. The molecule has 2 rings (SSSR count). The van der Waals surface area contributed by atoms with Crippen LogP contribution >= 0.6 is 27.5 Å². The molecule has 0 aromatic heterocycles. The summed E-state index contributed by atoms with van der Waals surface area (Å²) in [6.45, 7) is -0.124. The summed E-state index contributed by atoms with van der Waals surface area (Å²) in [6.07, 6.45) is 0. The lowest BCUT2D eigenvalue weighted by Gasteiger charge is -2.08. The van der Waals surface area contributed by atoms with E-state index in [1.807, 2.05) is 0 Å². The molecule has 0 saturated carbocycles. The van der Waals surface area contributed by atoms with Crippen LogP contribution in [0.2, 0.25) is 5.02 Å². The van der Waals surface area contributed by atoms with E-state index in [-0.39, 0.29) is 23.1 Å². The second kappa shape index (κ2) is 6.19. The Bertz CT molecular complexity index is 666. The van der Waals surface area contributed by atoms with Crippen LogP contribution in [0.15, 0.2) is 40.9 Å². The molecule has 0 heterocycles. The third kappa shape index (κ3) is 3.46. The molecule has 0 saturated heterocycles. The number of hydrogen-bond donors (Lipinski definition) is 0. The molecular formula is C13H8BrClFNO3. The van der Waals surface area contributed by atoms with Crippen LogP contribution in [0.25, 0.3) is 0 Å². The van der Waals surface area contributed by atoms with Crippen LogP contribution in [0.3, 0.4) is 0 Å². The van der Waals surface area contributed by atoms with E-state index in [0.717, 1.165) is 0 Å². The molecular weight excluding hydrogens is 353 g/mol. The van der Waals surface area contributed by atoms with Crippen molar-refractivity contribution in [1.29, 1.82) is 0 Å². The molecule has 0 aliphatic carbocycles. The third-order valence-corrected chi connectivity index (χ3v) is 3.25. The van der Waals surface area contributed by atoms with Crippen molar-refractivity contribution >= 4 is 33.2 Å². The molecule has 4 nitrogen and oxygen atoms in total. The normalized spacial score (nSPS) is 10.3. The predicted molar refractivity (Wildman–Crippen MR) is 76.5 cm³/mol. The van der Waals surface area contributed by atoms with E-state index in [4.69, 9.17) is 16.3 Å². The Morgan fingerprint density at radius 1 is 1.30 bits per heavy atom. The van der Waals surface area contributed by atoms with E-state index in [9.17, 15) is 14.5 Å². The Labute approximate surface area is 127 Å². The number of nitro benzene ring substituents is 1. The van der Waals surface area contributed by atoms with Gasteiger partial charge in [-0.15, -0.1) is 0 Å². The Hall–Kier alpha value is -1.66. The summed E-state index contributed by atoms with van der Waals surface area (Å²) in [5, 5.41) is 11.2. The molecule has 7 heteroatoms. The zero-order chi connectivity index (χ0) is 14.7. The number of ether oxygens (including phenoxy) is 1. The molecule has 0 spiro atoms. The third-order valence-electron chi connectivity index (χ3n) is 2.52. The van der Waals surface area contributed by atoms with E-state index in [0.29, 0.717) is 10.0 Å². The van der Waals surface area contributed by atoms with Crippen LogP contribution in [-0.4, -0.2) is 4.92 Å².